The van der Waals surface area contributed by atoms with E-state index in [0.717, 1.165) is 13.1 Å². The summed E-state index contributed by atoms with van der Waals surface area (Å²) in [5.41, 5.74) is 5.22. The van der Waals surface area contributed by atoms with Crippen molar-refractivity contribution < 1.29 is 0 Å². The van der Waals surface area contributed by atoms with E-state index in [1.807, 2.05) is 10.7 Å². The third kappa shape index (κ3) is 4.05. The molecule has 0 amide bonds. The van der Waals surface area contributed by atoms with Crippen molar-refractivity contribution in [2.24, 2.45) is 0 Å². The molecule has 3 aromatic rings. The number of benzene rings is 2. The van der Waals surface area contributed by atoms with Crippen LogP contribution in [0, 0.1) is 13.8 Å². The van der Waals surface area contributed by atoms with Crippen molar-refractivity contribution >= 4 is 0 Å². The van der Waals surface area contributed by atoms with Gasteiger partial charge in [-0.2, -0.15) is 5.10 Å². The fourth-order valence-corrected chi connectivity index (χ4v) is 2.64. The molecule has 1 heterocycles. The Hall–Kier alpha value is -2.46. The van der Waals surface area contributed by atoms with E-state index in [-0.39, 0.29) is 6.04 Å². The lowest BCUT2D eigenvalue weighted by Gasteiger charge is -2.19. The molecule has 0 radical (unpaired) electrons. The van der Waals surface area contributed by atoms with Crippen molar-refractivity contribution in [2.75, 3.05) is 0 Å². The van der Waals surface area contributed by atoms with Crippen LogP contribution in [0.5, 0.6) is 0 Å². The largest absolute Gasteiger partial charge is 0.304 e. The van der Waals surface area contributed by atoms with Gasteiger partial charge in [0.2, 0.25) is 0 Å². The topological polar surface area (TPSA) is 42.7 Å². The van der Waals surface area contributed by atoms with Crippen molar-refractivity contribution in [3.05, 3.63) is 83.4 Å². The van der Waals surface area contributed by atoms with E-state index in [4.69, 9.17) is 0 Å². The molecule has 0 aliphatic carbocycles. The Morgan fingerprint density at radius 3 is 2.57 bits per heavy atom. The number of rotatable bonds is 6. The quantitative estimate of drug-likeness (QED) is 0.759. The predicted octanol–water partition coefficient (Wildman–Crippen LogP) is 3.43. The van der Waals surface area contributed by atoms with Crippen LogP contribution in [0.15, 0.2) is 61.2 Å². The summed E-state index contributed by atoms with van der Waals surface area (Å²) in [5, 5.41) is 7.88. The number of hydrogen-bond acceptors (Lipinski definition) is 3. The highest BCUT2D eigenvalue weighted by Crippen LogP contribution is 2.16. The van der Waals surface area contributed by atoms with Crippen molar-refractivity contribution in [2.45, 2.75) is 33.0 Å². The SMILES string of the molecule is Cc1ccc(CN[C@@H](Cn2cncn2)c2ccccc2)cc1C. The predicted molar refractivity (Wildman–Crippen MR) is 92.0 cm³/mol. The second-order valence-electron chi connectivity index (χ2n) is 5.88. The van der Waals surface area contributed by atoms with Crippen LogP contribution in [-0.4, -0.2) is 14.8 Å². The second-order valence-corrected chi connectivity index (χ2v) is 5.88. The zero-order valence-corrected chi connectivity index (χ0v) is 13.6. The van der Waals surface area contributed by atoms with Gasteiger partial charge in [0, 0.05) is 6.54 Å². The molecule has 0 aliphatic heterocycles. The maximum Gasteiger partial charge on any atom is 0.137 e. The fraction of sp³-hybridized carbons (Fsp3) is 0.263. The van der Waals surface area contributed by atoms with Gasteiger partial charge >= 0.3 is 0 Å². The maximum atomic E-state index is 4.23. The minimum Gasteiger partial charge on any atom is -0.304 e. The zero-order valence-electron chi connectivity index (χ0n) is 13.6. The van der Waals surface area contributed by atoms with Crippen LogP contribution >= 0.6 is 0 Å². The van der Waals surface area contributed by atoms with Crippen LogP contribution in [0.1, 0.15) is 28.3 Å². The Morgan fingerprint density at radius 2 is 1.87 bits per heavy atom. The van der Waals surface area contributed by atoms with Crippen molar-refractivity contribution in [3.63, 3.8) is 0 Å². The number of aryl methyl sites for hydroxylation is 2. The molecule has 0 spiro atoms. The average molecular weight is 306 g/mol. The molecule has 23 heavy (non-hydrogen) atoms. The molecular weight excluding hydrogens is 284 g/mol. The van der Waals surface area contributed by atoms with Crippen LogP contribution in [-0.2, 0) is 13.1 Å². The molecule has 0 bridgehead atoms. The molecule has 0 saturated heterocycles. The fourth-order valence-electron chi connectivity index (χ4n) is 2.64. The van der Waals surface area contributed by atoms with Crippen LogP contribution < -0.4 is 5.32 Å². The van der Waals surface area contributed by atoms with Gasteiger partial charge in [0.05, 0.1) is 12.6 Å². The Kier molecular flexibility index (Phi) is 4.83. The molecule has 0 aliphatic rings. The van der Waals surface area contributed by atoms with Gasteiger partial charge < -0.3 is 5.32 Å². The number of hydrogen-bond donors (Lipinski definition) is 1. The zero-order chi connectivity index (χ0) is 16.1. The summed E-state index contributed by atoms with van der Waals surface area (Å²) in [4.78, 5) is 4.03. The van der Waals surface area contributed by atoms with E-state index in [1.165, 1.54) is 22.3 Å². The van der Waals surface area contributed by atoms with E-state index in [1.54, 1.807) is 12.7 Å². The van der Waals surface area contributed by atoms with E-state index >= 15 is 0 Å². The molecule has 1 atom stereocenters. The van der Waals surface area contributed by atoms with Crippen LogP contribution in [0.2, 0.25) is 0 Å². The van der Waals surface area contributed by atoms with E-state index in [0.29, 0.717) is 0 Å². The summed E-state index contributed by atoms with van der Waals surface area (Å²) >= 11 is 0. The summed E-state index contributed by atoms with van der Waals surface area (Å²) in [6.45, 7) is 5.89. The highest BCUT2D eigenvalue weighted by atomic mass is 15.3. The molecule has 118 valence electrons. The van der Waals surface area contributed by atoms with Crippen molar-refractivity contribution in [1.29, 1.82) is 0 Å². The standard InChI is InChI=1S/C19H22N4/c1-15-8-9-17(10-16(15)2)11-21-19(12-23-14-20-13-22-23)18-6-4-3-5-7-18/h3-10,13-14,19,21H,11-12H2,1-2H3/t19-/m0/s1. The first-order valence-corrected chi connectivity index (χ1v) is 7.89. The molecule has 0 saturated carbocycles. The van der Waals surface area contributed by atoms with Crippen LogP contribution in [0.25, 0.3) is 0 Å². The third-order valence-electron chi connectivity index (χ3n) is 4.16. The second kappa shape index (κ2) is 7.20. The van der Waals surface area contributed by atoms with Gasteiger partial charge in [0.25, 0.3) is 0 Å². The first-order valence-electron chi connectivity index (χ1n) is 7.89. The van der Waals surface area contributed by atoms with Gasteiger partial charge in [-0.25, -0.2) is 4.98 Å². The minimum atomic E-state index is 0.194. The molecule has 2 aromatic carbocycles. The lowest BCUT2D eigenvalue weighted by molar-refractivity contribution is 0.436. The van der Waals surface area contributed by atoms with Crippen molar-refractivity contribution in [3.8, 4) is 0 Å². The van der Waals surface area contributed by atoms with Gasteiger partial charge in [-0.3, -0.25) is 4.68 Å². The summed E-state index contributed by atoms with van der Waals surface area (Å²) in [5.74, 6) is 0. The van der Waals surface area contributed by atoms with Crippen LogP contribution in [0.4, 0.5) is 0 Å². The first-order chi connectivity index (χ1) is 11.2. The molecular formula is C19H22N4. The molecule has 4 nitrogen and oxygen atoms in total. The van der Waals surface area contributed by atoms with Gasteiger partial charge in [-0.1, -0.05) is 48.5 Å². The van der Waals surface area contributed by atoms with E-state index in [9.17, 15) is 0 Å². The molecule has 4 heteroatoms. The van der Waals surface area contributed by atoms with E-state index < -0.39 is 0 Å². The Morgan fingerprint density at radius 1 is 1.04 bits per heavy atom. The maximum absolute atomic E-state index is 4.23. The van der Waals surface area contributed by atoms with Gasteiger partial charge in [-0.05, 0) is 36.1 Å². The minimum absolute atomic E-state index is 0.194. The smallest absolute Gasteiger partial charge is 0.137 e. The Labute approximate surface area is 137 Å². The number of nitrogens with zero attached hydrogens (tertiary/aromatic N) is 3. The summed E-state index contributed by atoms with van der Waals surface area (Å²) in [6.07, 6.45) is 3.33. The first kappa shape index (κ1) is 15.4. The lowest BCUT2D eigenvalue weighted by Crippen LogP contribution is -2.25. The van der Waals surface area contributed by atoms with Gasteiger partial charge in [0.15, 0.2) is 0 Å². The molecule has 3 rings (SSSR count). The Balaban J connectivity index is 1.74. The lowest BCUT2D eigenvalue weighted by atomic mass is 10.0. The van der Waals surface area contributed by atoms with Crippen molar-refractivity contribution in [1.82, 2.24) is 20.1 Å². The highest BCUT2D eigenvalue weighted by molar-refractivity contribution is 5.30. The van der Waals surface area contributed by atoms with Gasteiger partial charge in [0.1, 0.15) is 12.7 Å². The summed E-state index contributed by atoms with van der Waals surface area (Å²) in [6, 6.07) is 17.3. The number of aromatic nitrogens is 3. The van der Waals surface area contributed by atoms with Crippen LogP contribution in [0.3, 0.4) is 0 Å². The monoisotopic (exact) mass is 306 g/mol. The summed E-state index contributed by atoms with van der Waals surface area (Å²) < 4.78 is 1.87. The van der Waals surface area contributed by atoms with E-state index in [2.05, 4.69) is 71.7 Å². The summed E-state index contributed by atoms with van der Waals surface area (Å²) in [7, 11) is 0. The highest BCUT2D eigenvalue weighted by Gasteiger charge is 2.12. The Bertz CT molecular complexity index is 735. The molecule has 1 aromatic heterocycles. The average Bonchev–Trinajstić information content (AvgIpc) is 3.08. The molecule has 0 fully saturated rings. The normalized spacial score (nSPS) is 12.3. The third-order valence-corrected chi connectivity index (χ3v) is 4.16. The van der Waals surface area contributed by atoms with Gasteiger partial charge in [-0.15, -0.1) is 0 Å². The molecule has 0 unspecified atom stereocenters. The molecule has 1 N–H and O–H groups in total. The number of nitrogens with one attached hydrogen (secondary N) is 1.